The Kier molecular flexibility index (Phi) is 6.20. The van der Waals surface area contributed by atoms with Gasteiger partial charge in [0, 0.05) is 24.6 Å². The van der Waals surface area contributed by atoms with Gasteiger partial charge >= 0.3 is 0 Å². The van der Waals surface area contributed by atoms with Gasteiger partial charge in [-0.3, -0.25) is 14.4 Å². The Morgan fingerprint density at radius 1 is 1.07 bits per heavy atom. The fourth-order valence-corrected chi connectivity index (χ4v) is 2.89. The highest BCUT2D eigenvalue weighted by molar-refractivity contribution is 6.40. The molecule has 2 aromatic rings. The molecule has 1 heterocycles. The third-order valence-electron chi connectivity index (χ3n) is 4.50. The maximum absolute atomic E-state index is 13.2. The molecule has 2 N–H and O–H groups in total. The second kappa shape index (κ2) is 8.81. The molecule has 0 fully saturated rings. The van der Waals surface area contributed by atoms with Crippen LogP contribution in [0.3, 0.4) is 0 Å². The van der Waals surface area contributed by atoms with Gasteiger partial charge in [0.1, 0.15) is 5.71 Å². The second-order valence-corrected chi connectivity index (χ2v) is 6.90. The molecule has 0 radical (unpaired) electrons. The van der Waals surface area contributed by atoms with Crippen LogP contribution in [0.1, 0.15) is 24.0 Å². The average molecular weight is 414 g/mol. The summed E-state index contributed by atoms with van der Waals surface area (Å²) in [4.78, 5) is 36.7. The highest BCUT2D eigenvalue weighted by Crippen LogP contribution is 2.25. The predicted octanol–water partition coefficient (Wildman–Crippen LogP) is 2.82. The summed E-state index contributed by atoms with van der Waals surface area (Å²) in [6.07, 6.45) is 0.261. The van der Waals surface area contributed by atoms with Crippen LogP contribution in [-0.2, 0) is 14.4 Å². The zero-order chi connectivity index (χ0) is 21.8. The summed E-state index contributed by atoms with van der Waals surface area (Å²) in [5.41, 5.74) is 2.57. The molecule has 7 nitrogen and oxygen atoms in total. The Labute approximate surface area is 171 Å². The molecule has 3 rings (SSSR count). The van der Waals surface area contributed by atoms with Gasteiger partial charge in [-0.15, -0.1) is 0 Å². The molecule has 0 saturated carbocycles. The van der Waals surface area contributed by atoms with E-state index >= 15 is 0 Å². The van der Waals surface area contributed by atoms with E-state index in [1.165, 1.54) is 11.1 Å². The largest absolute Gasteiger partial charge is 0.342 e. The molecule has 30 heavy (non-hydrogen) atoms. The van der Waals surface area contributed by atoms with Crippen LogP contribution >= 0.6 is 0 Å². The lowest BCUT2D eigenvalue weighted by atomic mass is 10.1. The number of hydrogen-bond donors (Lipinski definition) is 2. The van der Waals surface area contributed by atoms with Gasteiger partial charge in [-0.2, -0.15) is 5.10 Å². The molecule has 0 saturated heterocycles. The minimum absolute atomic E-state index is 0.0647. The number of nitrogens with zero attached hydrogens (tertiary/aromatic N) is 2. The third-order valence-corrected chi connectivity index (χ3v) is 4.50. The first kappa shape index (κ1) is 21.1. The topological polar surface area (TPSA) is 90.9 Å². The van der Waals surface area contributed by atoms with Crippen molar-refractivity contribution in [2.75, 3.05) is 16.9 Å². The Morgan fingerprint density at radius 3 is 2.57 bits per heavy atom. The lowest BCUT2D eigenvalue weighted by Crippen LogP contribution is -2.41. The average Bonchev–Trinajstić information content (AvgIpc) is 2.71. The van der Waals surface area contributed by atoms with Gasteiger partial charge in [0.05, 0.1) is 12.2 Å². The maximum Gasteiger partial charge on any atom is 0.267 e. The van der Waals surface area contributed by atoms with Crippen molar-refractivity contribution in [3.8, 4) is 0 Å². The van der Waals surface area contributed by atoms with Crippen LogP contribution in [-0.4, -0.2) is 30.0 Å². The van der Waals surface area contributed by atoms with E-state index in [4.69, 9.17) is 0 Å². The minimum atomic E-state index is -1.09. The number of hydrazone groups is 1. The van der Waals surface area contributed by atoms with Gasteiger partial charge in [0.25, 0.3) is 5.91 Å². The first-order valence-corrected chi connectivity index (χ1v) is 9.25. The third kappa shape index (κ3) is 4.86. The zero-order valence-electron chi connectivity index (χ0n) is 16.5. The maximum atomic E-state index is 13.2. The summed E-state index contributed by atoms with van der Waals surface area (Å²) < 4.78 is 26.1. The van der Waals surface area contributed by atoms with E-state index in [1.54, 1.807) is 0 Å². The van der Waals surface area contributed by atoms with Crippen LogP contribution in [0.5, 0.6) is 0 Å². The fraction of sp³-hybridized carbons (Fsp3) is 0.238. The SMILES string of the molecule is Cc1ccc(C)c(N2N=C(C(=O)NCC(=O)Nc3ccc(F)c(F)c3)CCC2=O)c1. The number of anilines is 2. The number of halogens is 2. The molecule has 0 spiro atoms. The highest BCUT2D eigenvalue weighted by Gasteiger charge is 2.26. The molecule has 9 heteroatoms. The van der Waals surface area contributed by atoms with Gasteiger partial charge < -0.3 is 10.6 Å². The number of rotatable bonds is 5. The van der Waals surface area contributed by atoms with E-state index in [0.29, 0.717) is 5.69 Å². The van der Waals surface area contributed by atoms with E-state index in [2.05, 4.69) is 15.7 Å². The smallest absolute Gasteiger partial charge is 0.267 e. The Hall–Kier alpha value is -3.62. The van der Waals surface area contributed by atoms with E-state index in [1.807, 2.05) is 32.0 Å². The number of carbonyl (C=O) groups is 3. The first-order valence-electron chi connectivity index (χ1n) is 9.25. The van der Waals surface area contributed by atoms with Gasteiger partial charge in [-0.25, -0.2) is 13.8 Å². The van der Waals surface area contributed by atoms with Crippen LogP contribution in [0.15, 0.2) is 41.5 Å². The van der Waals surface area contributed by atoms with Crippen LogP contribution in [0.25, 0.3) is 0 Å². The fourth-order valence-electron chi connectivity index (χ4n) is 2.89. The van der Waals surface area contributed by atoms with Crippen molar-refractivity contribution in [2.24, 2.45) is 5.10 Å². The van der Waals surface area contributed by atoms with E-state index in [-0.39, 0.29) is 30.1 Å². The standard InChI is InChI=1S/C21H20F2N4O3/c1-12-3-4-13(2)18(9-12)27-20(29)8-7-17(26-27)21(30)24-11-19(28)25-14-5-6-15(22)16(23)10-14/h3-6,9-10H,7-8,11H2,1-2H3,(H,24,30)(H,25,28). The van der Waals surface area contributed by atoms with E-state index in [9.17, 15) is 23.2 Å². The highest BCUT2D eigenvalue weighted by atomic mass is 19.2. The number of nitrogens with one attached hydrogen (secondary N) is 2. The summed E-state index contributed by atoms with van der Waals surface area (Å²) in [6.45, 7) is 3.34. The lowest BCUT2D eigenvalue weighted by Gasteiger charge is -2.24. The molecule has 1 aliphatic rings. The molecule has 0 aromatic heterocycles. The second-order valence-electron chi connectivity index (χ2n) is 6.90. The van der Waals surface area contributed by atoms with Gasteiger partial charge in [-0.05, 0) is 43.2 Å². The summed E-state index contributed by atoms with van der Waals surface area (Å²) in [5.74, 6) is -3.55. The summed E-state index contributed by atoms with van der Waals surface area (Å²) in [6, 6.07) is 8.53. The molecule has 0 unspecified atom stereocenters. The lowest BCUT2D eigenvalue weighted by molar-refractivity contribution is -0.120. The van der Waals surface area contributed by atoms with Crippen LogP contribution in [0.4, 0.5) is 20.2 Å². The van der Waals surface area contributed by atoms with Crippen molar-refractivity contribution in [2.45, 2.75) is 26.7 Å². The Morgan fingerprint density at radius 2 is 1.83 bits per heavy atom. The number of benzene rings is 2. The van der Waals surface area contributed by atoms with Gasteiger partial charge in [0.2, 0.25) is 11.8 Å². The minimum Gasteiger partial charge on any atom is -0.342 e. The van der Waals surface area contributed by atoms with Crippen molar-refractivity contribution in [1.29, 1.82) is 0 Å². The van der Waals surface area contributed by atoms with Gasteiger partial charge in [0.15, 0.2) is 11.6 Å². The van der Waals surface area contributed by atoms with Crippen molar-refractivity contribution in [3.05, 3.63) is 59.2 Å². The molecule has 0 aliphatic carbocycles. The Balaban J connectivity index is 1.65. The van der Waals surface area contributed by atoms with Crippen molar-refractivity contribution >= 4 is 34.8 Å². The molecule has 2 aromatic carbocycles. The monoisotopic (exact) mass is 414 g/mol. The number of carbonyl (C=O) groups excluding carboxylic acids is 3. The normalized spacial score (nSPS) is 13.7. The number of aryl methyl sites for hydroxylation is 2. The van der Waals surface area contributed by atoms with Gasteiger partial charge in [-0.1, -0.05) is 12.1 Å². The Bertz CT molecular complexity index is 1050. The summed E-state index contributed by atoms with van der Waals surface area (Å²) in [7, 11) is 0. The quantitative estimate of drug-likeness (QED) is 0.788. The predicted molar refractivity (Wildman–Crippen MR) is 108 cm³/mol. The molecule has 0 atom stereocenters. The first-order chi connectivity index (χ1) is 14.2. The van der Waals surface area contributed by atoms with Crippen molar-refractivity contribution in [3.63, 3.8) is 0 Å². The summed E-state index contributed by atoms with van der Waals surface area (Å²) in [5, 5.41) is 10.2. The molecule has 1 aliphatic heterocycles. The number of amides is 3. The molecular weight excluding hydrogens is 394 g/mol. The van der Waals surface area contributed by atoms with Crippen LogP contribution < -0.4 is 15.6 Å². The molecule has 0 bridgehead atoms. The van der Waals surface area contributed by atoms with E-state index < -0.39 is 30.0 Å². The zero-order valence-corrected chi connectivity index (χ0v) is 16.5. The van der Waals surface area contributed by atoms with Crippen LogP contribution in [0, 0.1) is 25.5 Å². The molecule has 3 amide bonds. The van der Waals surface area contributed by atoms with Crippen molar-refractivity contribution in [1.82, 2.24) is 5.32 Å². The molecule has 156 valence electrons. The molecular formula is C21H20F2N4O3. The van der Waals surface area contributed by atoms with Crippen LogP contribution in [0.2, 0.25) is 0 Å². The summed E-state index contributed by atoms with van der Waals surface area (Å²) >= 11 is 0. The number of hydrogen-bond acceptors (Lipinski definition) is 4. The van der Waals surface area contributed by atoms with E-state index in [0.717, 1.165) is 23.3 Å². The van der Waals surface area contributed by atoms with Crippen molar-refractivity contribution < 1.29 is 23.2 Å².